The fourth-order valence-electron chi connectivity index (χ4n) is 0.731. The Labute approximate surface area is 83.1 Å². The van der Waals surface area contributed by atoms with Gasteiger partial charge in [0.05, 0.1) is 5.75 Å². The summed E-state index contributed by atoms with van der Waals surface area (Å²) in [5, 5.41) is 0.651. The first-order valence-electron chi connectivity index (χ1n) is 4.07. The van der Waals surface area contributed by atoms with Crippen LogP contribution in [0.15, 0.2) is 0 Å². The minimum absolute atomic E-state index is 0.0214. The predicted molar refractivity (Wildman–Crippen MR) is 55.1 cm³/mol. The van der Waals surface area contributed by atoms with E-state index in [0.717, 1.165) is 12.8 Å². The van der Waals surface area contributed by atoms with Crippen molar-refractivity contribution in [3.8, 4) is 0 Å². The van der Waals surface area contributed by atoms with Gasteiger partial charge < -0.3 is 0 Å². The maximum Gasteiger partial charge on any atom is 0.211 e. The fourth-order valence-corrected chi connectivity index (χ4v) is 2.59. The lowest BCUT2D eigenvalue weighted by atomic mass is 10.4. The lowest BCUT2D eigenvalue weighted by Gasteiger charge is -2.10. The third kappa shape index (κ3) is 5.97. The Morgan fingerprint density at radius 3 is 2.50 bits per heavy atom. The SMILES string of the molecule is CCCCS(=O)(=O)NC(C)CBr. The lowest BCUT2D eigenvalue weighted by Crippen LogP contribution is -2.35. The summed E-state index contributed by atoms with van der Waals surface area (Å²) in [6.07, 6.45) is 1.63. The third-order valence-electron chi connectivity index (χ3n) is 1.38. The molecule has 12 heavy (non-hydrogen) atoms. The molecule has 0 fully saturated rings. The highest BCUT2D eigenvalue weighted by Crippen LogP contribution is 1.97. The molecule has 0 aromatic heterocycles. The molecule has 3 nitrogen and oxygen atoms in total. The molecular weight excluding hydrogens is 242 g/mol. The van der Waals surface area contributed by atoms with Crippen LogP contribution in [-0.2, 0) is 10.0 Å². The van der Waals surface area contributed by atoms with Crippen molar-refractivity contribution in [3.63, 3.8) is 0 Å². The molecule has 1 unspecified atom stereocenters. The number of rotatable bonds is 6. The maximum atomic E-state index is 11.2. The molecule has 0 heterocycles. The zero-order valence-electron chi connectivity index (χ0n) is 7.51. The molecule has 0 bridgehead atoms. The summed E-state index contributed by atoms with van der Waals surface area (Å²) in [6.45, 7) is 3.81. The van der Waals surface area contributed by atoms with Gasteiger partial charge in [-0.15, -0.1) is 0 Å². The van der Waals surface area contributed by atoms with Crippen LogP contribution in [0.5, 0.6) is 0 Å². The molecule has 0 rings (SSSR count). The standard InChI is InChI=1S/C7H16BrNO2S/c1-3-4-5-12(10,11)9-7(2)6-8/h7,9H,3-6H2,1-2H3. The monoisotopic (exact) mass is 257 g/mol. The normalized spacial score (nSPS) is 14.6. The number of unbranched alkanes of at least 4 members (excludes halogenated alkanes) is 1. The minimum Gasteiger partial charge on any atom is -0.212 e. The van der Waals surface area contributed by atoms with Gasteiger partial charge in [0.1, 0.15) is 0 Å². The van der Waals surface area contributed by atoms with E-state index in [4.69, 9.17) is 0 Å². The van der Waals surface area contributed by atoms with Gasteiger partial charge in [-0.3, -0.25) is 0 Å². The van der Waals surface area contributed by atoms with Crippen molar-refractivity contribution in [2.45, 2.75) is 32.7 Å². The number of nitrogens with one attached hydrogen (secondary N) is 1. The third-order valence-corrected chi connectivity index (χ3v) is 3.94. The Bertz CT molecular complexity index is 203. The molecule has 0 spiro atoms. The smallest absolute Gasteiger partial charge is 0.211 e. The number of alkyl halides is 1. The molecule has 74 valence electrons. The molecule has 0 amide bonds. The summed E-state index contributed by atoms with van der Waals surface area (Å²) in [7, 11) is -3.04. The number of halogens is 1. The molecule has 1 N–H and O–H groups in total. The quantitative estimate of drug-likeness (QED) is 0.734. The molecule has 0 aliphatic heterocycles. The maximum absolute atomic E-state index is 11.2. The van der Waals surface area contributed by atoms with Crippen LogP contribution in [0.25, 0.3) is 0 Å². The Kier molecular flexibility index (Phi) is 6.13. The van der Waals surface area contributed by atoms with Gasteiger partial charge in [-0.1, -0.05) is 29.3 Å². The summed E-state index contributed by atoms with van der Waals surface area (Å²) in [5.74, 6) is 0.237. The molecule has 0 saturated heterocycles. The summed E-state index contributed by atoms with van der Waals surface area (Å²) in [4.78, 5) is 0. The van der Waals surface area contributed by atoms with Gasteiger partial charge in [0, 0.05) is 11.4 Å². The first-order valence-corrected chi connectivity index (χ1v) is 6.85. The van der Waals surface area contributed by atoms with E-state index >= 15 is 0 Å². The highest BCUT2D eigenvalue weighted by molar-refractivity contribution is 9.09. The van der Waals surface area contributed by atoms with Crippen molar-refractivity contribution in [1.82, 2.24) is 4.72 Å². The fraction of sp³-hybridized carbons (Fsp3) is 1.00. The first-order chi connectivity index (χ1) is 5.52. The van der Waals surface area contributed by atoms with Crippen LogP contribution < -0.4 is 4.72 Å². The van der Waals surface area contributed by atoms with Crippen molar-refractivity contribution >= 4 is 26.0 Å². The zero-order chi connectivity index (χ0) is 9.61. The van der Waals surface area contributed by atoms with Gasteiger partial charge >= 0.3 is 0 Å². The van der Waals surface area contributed by atoms with Crippen LogP contribution in [0.2, 0.25) is 0 Å². The van der Waals surface area contributed by atoms with Crippen LogP contribution in [0, 0.1) is 0 Å². The lowest BCUT2D eigenvalue weighted by molar-refractivity contribution is 0.568. The van der Waals surface area contributed by atoms with Crippen LogP contribution in [0.1, 0.15) is 26.7 Å². The van der Waals surface area contributed by atoms with E-state index in [9.17, 15) is 8.42 Å². The highest BCUT2D eigenvalue weighted by atomic mass is 79.9. The molecular formula is C7H16BrNO2S. The van der Waals surface area contributed by atoms with Crippen molar-refractivity contribution in [1.29, 1.82) is 0 Å². The highest BCUT2D eigenvalue weighted by Gasteiger charge is 2.12. The molecule has 0 aliphatic carbocycles. The second kappa shape index (κ2) is 5.94. The Morgan fingerprint density at radius 1 is 1.50 bits per heavy atom. The topological polar surface area (TPSA) is 46.2 Å². The molecule has 0 aliphatic rings. The summed E-state index contributed by atoms with van der Waals surface area (Å²) < 4.78 is 25.0. The largest absolute Gasteiger partial charge is 0.212 e. The van der Waals surface area contributed by atoms with E-state index in [2.05, 4.69) is 20.7 Å². The van der Waals surface area contributed by atoms with Crippen LogP contribution in [0.4, 0.5) is 0 Å². The summed E-state index contributed by atoms with van der Waals surface area (Å²) in [6, 6.07) is -0.0214. The van der Waals surface area contributed by atoms with Gasteiger partial charge in [0.2, 0.25) is 10.0 Å². The van der Waals surface area contributed by atoms with Gasteiger partial charge in [-0.2, -0.15) is 0 Å². The number of hydrogen-bond donors (Lipinski definition) is 1. The first kappa shape index (κ1) is 12.4. The van der Waals surface area contributed by atoms with E-state index in [-0.39, 0.29) is 11.8 Å². The van der Waals surface area contributed by atoms with Crippen molar-refractivity contribution in [2.24, 2.45) is 0 Å². The van der Waals surface area contributed by atoms with E-state index in [1.807, 2.05) is 13.8 Å². The predicted octanol–water partition coefficient (Wildman–Crippen LogP) is 1.49. The van der Waals surface area contributed by atoms with Crippen LogP contribution in [0.3, 0.4) is 0 Å². The number of hydrogen-bond acceptors (Lipinski definition) is 2. The Balaban J connectivity index is 3.88. The molecule has 0 radical (unpaired) electrons. The zero-order valence-corrected chi connectivity index (χ0v) is 9.91. The van der Waals surface area contributed by atoms with Crippen molar-refractivity contribution in [2.75, 3.05) is 11.1 Å². The van der Waals surface area contributed by atoms with Gasteiger partial charge in [-0.05, 0) is 13.3 Å². The van der Waals surface area contributed by atoms with Gasteiger partial charge in [-0.25, -0.2) is 13.1 Å². The van der Waals surface area contributed by atoms with Gasteiger partial charge in [0.15, 0.2) is 0 Å². The molecule has 0 aromatic rings. The average Bonchev–Trinajstić information content (AvgIpc) is 2.00. The minimum atomic E-state index is -3.04. The molecule has 0 aromatic carbocycles. The van der Waals surface area contributed by atoms with E-state index in [1.54, 1.807) is 0 Å². The average molecular weight is 258 g/mol. The van der Waals surface area contributed by atoms with Crippen LogP contribution >= 0.6 is 15.9 Å². The molecule has 1 atom stereocenters. The summed E-state index contributed by atoms with van der Waals surface area (Å²) >= 11 is 3.21. The second-order valence-corrected chi connectivity index (χ2v) is 5.37. The van der Waals surface area contributed by atoms with E-state index in [0.29, 0.717) is 5.33 Å². The summed E-state index contributed by atoms with van der Waals surface area (Å²) in [5.41, 5.74) is 0. The van der Waals surface area contributed by atoms with Gasteiger partial charge in [0.25, 0.3) is 0 Å². The van der Waals surface area contributed by atoms with E-state index in [1.165, 1.54) is 0 Å². The van der Waals surface area contributed by atoms with E-state index < -0.39 is 10.0 Å². The van der Waals surface area contributed by atoms with Crippen molar-refractivity contribution < 1.29 is 8.42 Å². The van der Waals surface area contributed by atoms with Crippen LogP contribution in [-0.4, -0.2) is 25.5 Å². The number of sulfonamides is 1. The molecule has 5 heteroatoms. The Morgan fingerprint density at radius 2 is 2.08 bits per heavy atom. The Hall–Kier alpha value is 0.390. The second-order valence-electron chi connectivity index (χ2n) is 2.85. The van der Waals surface area contributed by atoms with Crippen molar-refractivity contribution in [3.05, 3.63) is 0 Å². The molecule has 0 saturated carbocycles.